The molecular weight excluding hydrogens is 342 g/mol. The maximum Gasteiger partial charge on any atom is 0 e. The Kier molecular flexibility index (Phi) is 31.5. The first-order valence-electron chi connectivity index (χ1n) is 8.12. The molecule has 3 heteroatoms. The first kappa shape index (κ1) is 24.9. The standard InChI is InChI=1S/C16H35N.BrH.Fe/c1-2-3-4-5-6-7-8-9-10-11-12-13-14-15-16-17;;/h2-17H2,1H3;1H;. The van der Waals surface area contributed by atoms with Gasteiger partial charge in [-0.25, -0.2) is 0 Å². The fourth-order valence-electron chi connectivity index (χ4n) is 2.34. The summed E-state index contributed by atoms with van der Waals surface area (Å²) in [7, 11) is 0. The quantitative estimate of drug-likeness (QED) is 0.291. The van der Waals surface area contributed by atoms with E-state index < -0.39 is 0 Å². The maximum atomic E-state index is 5.47. The Morgan fingerprint density at radius 3 is 1.05 bits per heavy atom. The van der Waals surface area contributed by atoms with E-state index in [9.17, 15) is 0 Å². The average molecular weight is 378 g/mol. The third-order valence-electron chi connectivity index (χ3n) is 3.56. The summed E-state index contributed by atoms with van der Waals surface area (Å²) in [5, 5.41) is 0. The molecule has 0 rings (SSSR count). The van der Waals surface area contributed by atoms with E-state index in [2.05, 4.69) is 6.92 Å². The smallest absolute Gasteiger partial charge is 0 e. The monoisotopic (exact) mass is 377 g/mol. The summed E-state index contributed by atoms with van der Waals surface area (Å²) in [6.07, 6.45) is 19.9. The molecule has 120 valence electrons. The van der Waals surface area contributed by atoms with Crippen molar-refractivity contribution in [1.29, 1.82) is 0 Å². The molecule has 0 atom stereocenters. The molecule has 0 amide bonds. The van der Waals surface area contributed by atoms with Crippen molar-refractivity contribution in [3.63, 3.8) is 0 Å². The second kappa shape index (κ2) is 24.0. The molecule has 0 aromatic rings. The molecule has 1 nitrogen and oxygen atoms in total. The van der Waals surface area contributed by atoms with Crippen LogP contribution >= 0.6 is 17.0 Å². The Morgan fingerprint density at radius 2 is 0.789 bits per heavy atom. The molecule has 0 aliphatic carbocycles. The van der Waals surface area contributed by atoms with Gasteiger partial charge in [0.2, 0.25) is 0 Å². The van der Waals surface area contributed by atoms with E-state index >= 15 is 0 Å². The van der Waals surface area contributed by atoms with Crippen LogP contribution in [0.4, 0.5) is 0 Å². The molecular formula is C16H36BrFeN. The first-order valence-corrected chi connectivity index (χ1v) is 8.12. The molecule has 0 saturated carbocycles. The second-order valence-electron chi connectivity index (χ2n) is 5.38. The molecule has 0 aromatic carbocycles. The summed E-state index contributed by atoms with van der Waals surface area (Å²) in [6, 6.07) is 0. The van der Waals surface area contributed by atoms with Crippen LogP contribution in [0.1, 0.15) is 96.8 Å². The van der Waals surface area contributed by atoms with Gasteiger partial charge in [-0.1, -0.05) is 90.4 Å². The zero-order valence-corrected chi connectivity index (χ0v) is 15.8. The van der Waals surface area contributed by atoms with Crippen LogP contribution in [0, 0.1) is 0 Å². The van der Waals surface area contributed by atoms with Gasteiger partial charge >= 0.3 is 0 Å². The van der Waals surface area contributed by atoms with Gasteiger partial charge < -0.3 is 5.73 Å². The van der Waals surface area contributed by atoms with Gasteiger partial charge in [0.15, 0.2) is 0 Å². The van der Waals surface area contributed by atoms with Crippen molar-refractivity contribution < 1.29 is 17.1 Å². The van der Waals surface area contributed by atoms with Gasteiger partial charge in [-0.15, -0.1) is 17.0 Å². The van der Waals surface area contributed by atoms with Gasteiger partial charge in [0.25, 0.3) is 0 Å². The van der Waals surface area contributed by atoms with Crippen molar-refractivity contribution >= 4 is 17.0 Å². The molecule has 0 spiro atoms. The minimum absolute atomic E-state index is 0. The van der Waals surface area contributed by atoms with Crippen molar-refractivity contribution in [3.8, 4) is 0 Å². The van der Waals surface area contributed by atoms with Gasteiger partial charge in [-0.3, -0.25) is 0 Å². The third kappa shape index (κ3) is 24.4. The molecule has 2 N–H and O–H groups in total. The Labute approximate surface area is 143 Å². The molecule has 0 unspecified atom stereocenters. The van der Waals surface area contributed by atoms with Gasteiger partial charge in [-0.2, -0.15) is 0 Å². The minimum atomic E-state index is 0. The van der Waals surface area contributed by atoms with Gasteiger partial charge in [0.1, 0.15) is 0 Å². The summed E-state index contributed by atoms with van der Waals surface area (Å²) in [5.41, 5.74) is 5.47. The molecule has 0 aliphatic rings. The maximum absolute atomic E-state index is 5.47. The number of halogens is 1. The Bertz CT molecular complexity index is 120. The number of hydrogen-bond donors (Lipinski definition) is 1. The molecule has 0 radical (unpaired) electrons. The van der Waals surface area contributed by atoms with Crippen LogP contribution in [0.5, 0.6) is 0 Å². The van der Waals surface area contributed by atoms with Crippen molar-refractivity contribution in [1.82, 2.24) is 0 Å². The summed E-state index contributed by atoms with van der Waals surface area (Å²) >= 11 is 0. The predicted octanol–water partition coefficient (Wildman–Crippen LogP) is 6.00. The van der Waals surface area contributed by atoms with Crippen LogP contribution in [0.15, 0.2) is 0 Å². The van der Waals surface area contributed by atoms with E-state index in [-0.39, 0.29) is 34.1 Å². The van der Waals surface area contributed by atoms with E-state index in [0.717, 1.165) is 6.54 Å². The van der Waals surface area contributed by atoms with Crippen LogP contribution in [-0.4, -0.2) is 6.54 Å². The van der Waals surface area contributed by atoms with Gasteiger partial charge in [-0.05, 0) is 13.0 Å². The second-order valence-corrected chi connectivity index (χ2v) is 5.38. The zero-order chi connectivity index (χ0) is 12.6. The van der Waals surface area contributed by atoms with Crippen molar-refractivity contribution in [3.05, 3.63) is 0 Å². The van der Waals surface area contributed by atoms with E-state index in [1.165, 1.54) is 89.9 Å². The van der Waals surface area contributed by atoms with Crippen molar-refractivity contribution in [2.45, 2.75) is 96.8 Å². The Morgan fingerprint density at radius 1 is 0.526 bits per heavy atom. The van der Waals surface area contributed by atoms with Crippen LogP contribution in [-0.2, 0) is 17.1 Å². The van der Waals surface area contributed by atoms with Crippen LogP contribution < -0.4 is 5.73 Å². The molecule has 0 fully saturated rings. The number of nitrogens with two attached hydrogens (primary N) is 1. The van der Waals surface area contributed by atoms with Gasteiger partial charge in [0, 0.05) is 17.1 Å². The number of unbranched alkanes of at least 4 members (excludes halogenated alkanes) is 13. The Hall–Kier alpha value is 0.959. The summed E-state index contributed by atoms with van der Waals surface area (Å²) in [4.78, 5) is 0. The molecule has 0 aliphatic heterocycles. The Balaban J connectivity index is -0.00000128. The molecule has 0 aromatic heterocycles. The topological polar surface area (TPSA) is 26.0 Å². The number of rotatable bonds is 14. The third-order valence-corrected chi connectivity index (χ3v) is 3.56. The predicted molar refractivity (Wildman–Crippen MR) is 89.7 cm³/mol. The molecule has 0 heterocycles. The SMILES string of the molecule is Br.CCCCCCCCCCCCCCCCN.[Fe]. The number of hydrogen-bond acceptors (Lipinski definition) is 1. The van der Waals surface area contributed by atoms with Crippen LogP contribution in [0.2, 0.25) is 0 Å². The van der Waals surface area contributed by atoms with E-state index in [4.69, 9.17) is 5.73 Å². The van der Waals surface area contributed by atoms with Crippen molar-refractivity contribution in [2.24, 2.45) is 5.73 Å². The summed E-state index contributed by atoms with van der Waals surface area (Å²) < 4.78 is 0. The minimum Gasteiger partial charge on any atom is -0.330 e. The summed E-state index contributed by atoms with van der Waals surface area (Å²) in [6.45, 7) is 3.16. The molecule has 19 heavy (non-hydrogen) atoms. The molecule has 0 saturated heterocycles. The fourth-order valence-corrected chi connectivity index (χ4v) is 2.34. The van der Waals surface area contributed by atoms with Gasteiger partial charge in [0.05, 0.1) is 0 Å². The van der Waals surface area contributed by atoms with E-state index in [1.807, 2.05) is 0 Å². The first-order chi connectivity index (χ1) is 8.41. The van der Waals surface area contributed by atoms with Crippen LogP contribution in [0.25, 0.3) is 0 Å². The van der Waals surface area contributed by atoms with E-state index in [1.54, 1.807) is 0 Å². The normalized spacial score (nSPS) is 9.79. The van der Waals surface area contributed by atoms with Crippen LogP contribution in [0.3, 0.4) is 0 Å². The zero-order valence-electron chi connectivity index (χ0n) is 12.9. The summed E-state index contributed by atoms with van der Waals surface area (Å²) in [5.74, 6) is 0. The largest absolute Gasteiger partial charge is 0.330 e. The van der Waals surface area contributed by atoms with E-state index in [0.29, 0.717) is 0 Å². The average Bonchev–Trinajstić information content (AvgIpc) is 2.35. The van der Waals surface area contributed by atoms with Crippen molar-refractivity contribution in [2.75, 3.05) is 6.54 Å². The fraction of sp³-hybridized carbons (Fsp3) is 1.00. The molecule has 0 bridgehead atoms.